The third kappa shape index (κ3) is 3.81. The molecule has 1 aliphatic carbocycles. The molecular formula is C19H33N3. The van der Waals surface area contributed by atoms with Crippen LogP contribution in [-0.4, -0.2) is 42.6 Å². The van der Waals surface area contributed by atoms with Crippen molar-refractivity contribution in [3.63, 3.8) is 0 Å². The monoisotopic (exact) mass is 303 g/mol. The highest BCUT2D eigenvalue weighted by atomic mass is 15.3. The second kappa shape index (κ2) is 7.45. The Morgan fingerprint density at radius 2 is 1.82 bits per heavy atom. The second-order valence-electron chi connectivity index (χ2n) is 6.85. The summed E-state index contributed by atoms with van der Waals surface area (Å²) < 4.78 is 0. The normalized spacial score (nSPS) is 22.5. The van der Waals surface area contributed by atoms with Crippen molar-refractivity contribution in [1.82, 2.24) is 9.88 Å². The molecule has 0 amide bonds. The molecular weight excluding hydrogens is 270 g/mol. The van der Waals surface area contributed by atoms with Crippen LogP contribution in [0.15, 0.2) is 12.1 Å². The van der Waals surface area contributed by atoms with E-state index in [-0.39, 0.29) is 0 Å². The van der Waals surface area contributed by atoms with Gasteiger partial charge in [-0.05, 0) is 44.4 Å². The Hall–Kier alpha value is -1.09. The Kier molecular flexibility index (Phi) is 5.85. The van der Waals surface area contributed by atoms with Crippen molar-refractivity contribution in [2.75, 3.05) is 31.6 Å². The Bertz CT molecular complexity index is 480. The van der Waals surface area contributed by atoms with Crippen LogP contribution in [0, 0.1) is 0 Å². The minimum atomic E-state index is 0.582. The summed E-state index contributed by atoms with van der Waals surface area (Å²) in [6, 6.07) is 5.17. The average molecular weight is 303 g/mol. The summed E-state index contributed by atoms with van der Waals surface area (Å²) in [5, 5.41) is 0. The van der Waals surface area contributed by atoms with Gasteiger partial charge in [-0.25, -0.2) is 4.98 Å². The summed E-state index contributed by atoms with van der Waals surface area (Å²) >= 11 is 0. The van der Waals surface area contributed by atoms with Crippen molar-refractivity contribution in [2.24, 2.45) is 0 Å². The third-order valence-corrected chi connectivity index (χ3v) is 4.81. The third-order valence-electron chi connectivity index (χ3n) is 4.81. The number of pyridine rings is 1. The number of hydrogen-bond donors (Lipinski definition) is 0. The standard InChI is InChI=1S/C17H27N3.C2H6/c1-12(2)15-7-8-16(18-17(15)14-5-6-14)20-10-9-19(4)13(3)11-20;1-2/h7-8,12-14H,5-6,9-11H2,1-4H3;1-2H3. The van der Waals surface area contributed by atoms with E-state index in [9.17, 15) is 0 Å². The minimum absolute atomic E-state index is 0.582. The van der Waals surface area contributed by atoms with Crippen molar-refractivity contribution in [3.8, 4) is 0 Å². The van der Waals surface area contributed by atoms with Crippen molar-refractivity contribution < 1.29 is 0 Å². The van der Waals surface area contributed by atoms with E-state index in [0.717, 1.165) is 25.6 Å². The van der Waals surface area contributed by atoms with Crippen LogP contribution < -0.4 is 4.90 Å². The second-order valence-corrected chi connectivity index (χ2v) is 6.85. The highest BCUT2D eigenvalue weighted by molar-refractivity contribution is 5.45. The molecule has 1 saturated carbocycles. The molecule has 0 spiro atoms. The molecule has 1 unspecified atom stereocenters. The van der Waals surface area contributed by atoms with Gasteiger partial charge in [-0.15, -0.1) is 0 Å². The van der Waals surface area contributed by atoms with E-state index in [1.54, 1.807) is 0 Å². The Balaban J connectivity index is 0.000000847. The molecule has 2 heterocycles. The molecule has 0 N–H and O–H groups in total. The number of anilines is 1. The van der Waals surface area contributed by atoms with Crippen molar-refractivity contribution in [1.29, 1.82) is 0 Å². The molecule has 0 aromatic carbocycles. The molecule has 1 saturated heterocycles. The summed E-state index contributed by atoms with van der Waals surface area (Å²) in [5.74, 6) is 2.51. The molecule has 1 aliphatic heterocycles. The Labute approximate surface area is 136 Å². The van der Waals surface area contributed by atoms with Gasteiger partial charge in [0.05, 0.1) is 0 Å². The van der Waals surface area contributed by atoms with Gasteiger partial charge in [0.2, 0.25) is 0 Å². The Morgan fingerprint density at radius 3 is 2.36 bits per heavy atom. The molecule has 22 heavy (non-hydrogen) atoms. The van der Waals surface area contributed by atoms with Gasteiger partial charge < -0.3 is 9.80 Å². The lowest BCUT2D eigenvalue weighted by atomic mass is 9.99. The molecule has 1 aromatic rings. The average Bonchev–Trinajstić information content (AvgIpc) is 3.36. The first-order valence-corrected chi connectivity index (χ1v) is 9.02. The molecule has 3 nitrogen and oxygen atoms in total. The van der Waals surface area contributed by atoms with E-state index in [1.807, 2.05) is 13.8 Å². The number of nitrogens with zero attached hydrogens (tertiary/aromatic N) is 3. The highest BCUT2D eigenvalue weighted by Crippen LogP contribution is 2.43. The van der Waals surface area contributed by atoms with E-state index in [1.165, 1.54) is 29.9 Å². The number of hydrogen-bond acceptors (Lipinski definition) is 3. The first-order valence-electron chi connectivity index (χ1n) is 9.02. The fraction of sp³-hybridized carbons (Fsp3) is 0.737. The summed E-state index contributed by atoms with van der Waals surface area (Å²) in [6.45, 7) is 14.2. The molecule has 0 radical (unpaired) electrons. The molecule has 1 atom stereocenters. The first kappa shape index (κ1) is 17.3. The van der Waals surface area contributed by atoms with E-state index >= 15 is 0 Å². The van der Waals surface area contributed by atoms with Crippen LogP contribution >= 0.6 is 0 Å². The zero-order chi connectivity index (χ0) is 16.3. The highest BCUT2D eigenvalue weighted by Gasteiger charge is 2.30. The fourth-order valence-electron chi connectivity index (χ4n) is 3.08. The number of rotatable bonds is 3. The van der Waals surface area contributed by atoms with E-state index in [0.29, 0.717) is 12.0 Å². The number of aromatic nitrogens is 1. The number of piperazine rings is 1. The van der Waals surface area contributed by atoms with Gasteiger partial charge in [-0.2, -0.15) is 0 Å². The van der Waals surface area contributed by atoms with Gasteiger partial charge in [0.15, 0.2) is 0 Å². The van der Waals surface area contributed by atoms with Gasteiger partial charge in [-0.3, -0.25) is 0 Å². The van der Waals surface area contributed by atoms with Crippen LogP contribution in [0.3, 0.4) is 0 Å². The molecule has 124 valence electrons. The van der Waals surface area contributed by atoms with E-state index in [2.05, 4.69) is 49.8 Å². The largest absolute Gasteiger partial charge is 0.354 e. The summed E-state index contributed by atoms with van der Waals surface area (Å²) in [4.78, 5) is 9.94. The van der Waals surface area contributed by atoms with Gasteiger partial charge in [0.1, 0.15) is 5.82 Å². The van der Waals surface area contributed by atoms with Crippen molar-refractivity contribution in [2.45, 2.75) is 65.3 Å². The maximum Gasteiger partial charge on any atom is 0.128 e. The topological polar surface area (TPSA) is 19.4 Å². The molecule has 2 aliphatic rings. The summed E-state index contributed by atoms with van der Waals surface area (Å²) in [6.07, 6.45) is 2.66. The smallest absolute Gasteiger partial charge is 0.128 e. The Morgan fingerprint density at radius 1 is 1.14 bits per heavy atom. The maximum atomic E-state index is 5.05. The van der Waals surface area contributed by atoms with Crippen LogP contribution in [0.2, 0.25) is 0 Å². The lowest BCUT2D eigenvalue weighted by Gasteiger charge is -2.38. The zero-order valence-corrected chi connectivity index (χ0v) is 15.3. The van der Waals surface area contributed by atoms with Gasteiger partial charge >= 0.3 is 0 Å². The summed E-state index contributed by atoms with van der Waals surface area (Å²) in [7, 11) is 2.22. The molecule has 2 fully saturated rings. The quantitative estimate of drug-likeness (QED) is 0.832. The van der Waals surface area contributed by atoms with Gasteiger partial charge in [0, 0.05) is 37.3 Å². The lowest BCUT2D eigenvalue weighted by molar-refractivity contribution is 0.233. The van der Waals surface area contributed by atoms with Crippen molar-refractivity contribution in [3.05, 3.63) is 23.4 Å². The predicted octanol–water partition coefficient (Wildman–Crippen LogP) is 4.25. The zero-order valence-electron chi connectivity index (χ0n) is 15.3. The van der Waals surface area contributed by atoms with E-state index < -0.39 is 0 Å². The first-order chi connectivity index (χ1) is 10.6. The lowest BCUT2D eigenvalue weighted by Crippen LogP contribution is -2.50. The molecule has 3 rings (SSSR count). The fourth-order valence-corrected chi connectivity index (χ4v) is 3.08. The summed E-state index contributed by atoms with van der Waals surface area (Å²) in [5.41, 5.74) is 2.84. The van der Waals surface area contributed by atoms with Crippen LogP contribution in [0.4, 0.5) is 5.82 Å². The van der Waals surface area contributed by atoms with Crippen LogP contribution in [0.1, 0.15) is 70.6 Å². The van der Waals surface area contributed by atoms with Crippen LogP contribution in [0.5, 0.6) is 0 Å². The maximum absolute atomic E-state index is 5.05. The molecule has 3 heteroatoms. The van der Waals surface area contributed by atoms with Crippen LogP contribution in [0.25, 0.3) is 0 Å². The van der Waals surface area contributed by atoms with E-state index in [4.69, 9.17) is 4.98 Å². The predicted molar refractivity (Wildman–Crippen MR) is 96.0 cm³/mol. The van der Waals surface area contributed by atoms with Crippen LogP contribution in [-0.2, 0) is 0 Å². The molecule has 0 bridgehead atoms. The number of likely N-dealkylation sites (N-methyl/N-ethyl adjacent to an activating group) is 1. The molecule has 1 aromatic heterocycles. The SMILES string of the molecule is CC.CC(C)c1ccc(N2CCN(C)C(C)C2)nc1C1CC1. The van der Waals surface area contributed by atoms with Crippen molar-refractivity contribution >= 4 is 5.82 Å². The van der Waals surface area contributed by atoms with Gasteiger partial charge in [0.25, 0.3) is 0 Å². The minimum Gasteiger partial charge on any atom is -0.354 e. The van der Waals surface area contributed by atoms with Gasteiger partial charge in [-0.1, -0.05) is 33.8 Å².